The van der Waals surface area contributed by atoms with Gasteiger partial charge in [0.15, 0.2) is 0 Å². The zero-order valence-electron chi connectivity index (χ0n) is 7.53. The van der Waals surface area contributed by atoms with Gasteiger partial charge in [0, 0.05) is 12.6 Å². The van der Waals surface area contributed by atoms with Crippen LogP contribution in [0.3, 0.4) is 0 Å². The van der Waals surface area contributed by atoms with Gasteiger partial charge in [0.25, 0.3) is 0 Å². The van der Waals surface area contributed by atoms with Crippen LogP contribution in [0.15, 0.2) is 18.5 Å². The smallest absolute Gasteiger partial charge is 0.0727 e. The molecule has 0 saturated carbocycles. The first-order valence-corrected chi connectivity index (χ1v) is 4.69. The summed E-state index contributed by atoms with van der Waals surface area (Å²) in [5, 5.41) is 14.3. The molecule has 13 heavy (non-hydrogen) atoms. The number of piperidine rings is 1. The van der Waals surface area contributed by atoms with E-state index in [1.165, 1.54) is 12.8 Å². The van der Waals surface area contributed by atoms with E-state index in [0.29, 0.717) is 6.04 Å². The number of aromatic nitrogens is 2. The van der Waals surface area contributed by atoms with Gasteiger partial charge in [-0.1, -0.05) is 0 Å². The summed E-state index contributed by atoms with van der Waals surface area (Å²) in [5.74, 6) is 0. The van der Waals surface area contributed by atoms with Gasteiger partial charge in [-0.15, -0.1) is 0 Å². The van der Waals surface area contributed by atoms with Crippen molar-refractivity contribution in [2.45, 2.75) is 18.9 Å². The van der Waals surface area contributed by atoms with E-state index in [1.807, 2.05) is 6.07 Å². The van der Waals surface area contributed by atoms with Crippen molar-refractivity contribution in [1.82, 2.24) is 15.5 Å². The molecular weight excluding hydrogens is 164 g/mol. The summed E-state index contributed by atoms with van der Waals surface area (Å²) in [7, 11) is 0. The molecule has 1 saturated heterocycles. The van der Waals surface area contributed by atoms with Gasteiger partial charge in [0.05, 0.1) is 18.1 Å². The Balaban J connectivity index is 1.90. The predicted molar refractivity (Wildman–Crippen MR) is 51.5 cm³/mol. The second-order valence-corrected chi connectivity index (χ2v) is 3.32. The number of rotatable bonds is 2. The van der Waals surface area contributed by atoms with Crippen LogP contribution in [0.1, 0.15) is 12.8 Å². The van der Waals surface area contributed by atoms with E-state index >= 15 is 0 Å². The minimum absolute atomic E-state index is 0.540. The van der Waals surface area contributed by atoms with Crippen LogP contribution >= 0.6 is 0 Å². The maximum absolute atomic E-state index is 3.82. The summed E-state index contributed by atoms with van der Waals surface area (Å²) < 4.78 is 0. The lowest BCUT2D eigenvalue weighted by Gasteiger charge is -2.24. The van der Waals surface area contributed by atoms with E-state index in [9.17, 15) is 0 Å². The fraction of sp³-hybridized carbons (Fsp3) is 0.556. The molecule has 0 radical (unpaired) electrons. The Morgan fingerprint density at radius 1 is 1.46 bits per heavy atom. The lowest BCUT2D eigenvalue weighted by atomic mass is 10.1. The SMILES string of the molecule is c1cc(NC2CCCNC2)cnn1. The Hall–Kier alpha value is -1.16. The molecule has 1 aromatic rings. The fourth-order valence-electron chi connectivity index (χ4n) is 1.59. The molecule has 1 aliphatic rings. The van der Waals surface area contributed by atoms with Gasteiger partial charge < -0.3 is 10.6 Å². The topological polar surface area (TPSA) is 49.8 Å². The molecule has 0 aliphatic carbocycles. The van der Waals surface area contributed by atoms with Crippen LogP contribution in [0.5, 0.6) is 0 Å². The van der Waals surface area contributed by atoms with Crippen LogP contribution in [0.2, 0.25) is 0 Å². The molecule has 2 N–H and O–H groups in total. The first-order valence-electron chi connectivity index (χ1n) is 4.69. The van der Waals surface area contributed by atoms with Crippen molar-refractivity contribution in [2.75, 3.05) is 18.4 Å². The van der Waals surface area contributed by atoms with Crippen molar-refractivity contribution in [3.05, 3.63) is 18.5 Å². The van der Waals surface area contributed by atoms with E-state index in [1.54, 1.807) is 12.4 Å². The van der Waals surface area contributed by atoms with Gasteiger partial charge in [-0.2, -0.15) is 10.2 Å². The zero-order valence-corrected chi connectivity index (χ0v) is 7.53. The zero-order chi connectivity index (χ0) is 8.93. The maximum atomic E-state index is 3.82. The largest absolute Gasteiger partial charge is 0.380 e. The molecule has 70 valence electrons. The quantitative estimate of drug-likeness (QED) is 0.697. The highest BCUT2D eigenvalue weighted by Gasteiger charge is 2.11. The van der Waals surface area contributed by atoms with Gasteiger partial charge in [-0.05, 0) is 25.5 Å². The lowest BCUT2D eigenvalue weighted by Crippen LogP contribution is -2.38. The molecule has 2 rings (SSSR count). The standard InChI is InChI=1S/C9H14N4/c1-2-8(6-10-4-1)13-9-3-5-11-12-7-9/h3,5,7-8,10H,1-2,4,6H2,(H,11,13). The highest BCUT2D eigenvalue weighted by atomic mass is 15.1. The highest BCUT2D eigenvalue weighted by molar-refractivity contribution is 5.39. The van der Waals surface area contributed by atoms with E-state index in [4.69, 9.17) is 0 Å². The van der Waals surface area contributed by atoms with Crippen LogP contribution in [-0.4, -0.2) is 29.3 Å². The van der Waals surface area contributed by atoms with Crippen molar-refractivity contribution in [2.24, 2.45) is 0 Å². The minimum Gasteiger partial charge on any atom is -0.380 e. The number of nitrogens with zero attached hydrogens (tertiary/aromatic N) is 2. The summed E-state index contributed by atoms with van der Waals surface area (Å²) in [4.78, 5) is 0. The van der Waals surface area contributed by atoms with Gasteiger partial charge in [-0.3, -0.25) is 0 Å². The summed E-state index contributed by atoms with van der Waals surface area (Å²) in [5.41, 5.74) is 1.06. The predicted octanol–water partition coefficient (Wildman–Crippen LogP) is 0.640. The molecule has 0 bridgehead atoms. The Labute approximate surface area is 77.8 Å². The molecule has 0 aromatic carbocycles. The van der Waals surface area contributed by atoms with Crippen LogP contribution in [0.25, 0.3) is 0 Å². The van der Waals surface area contributed by atoms with E-state index < -0.39 is 0 Å². The van der Waals surface area contributed by atoms with Crippen LogP contribution in [0.4, 0.5) is 5.69 Å². The third-order valence-corrected chi connectivity index (χ3v) is 2.25. The summed E-state index contributed by atoms with van der Waals surface area (Å²) in [6.07, 6.45) is 5.94. The fourth-order valence-corrected chi connectivity index (χ4v) is 1.59. The number of anilines is 1. The van der Waals surface area contributed by atoms with E-state index in [0.717, 1.165) is 18.8 Å². The molecule has 0 spiro atoms. The van der Waals surface area contributed by atoms with Crippen molar-refractivity contribution < 1.29 is 0 Å². The molecule has 1 unspecified atom stereocenters. The molecular formula is C9H14N4. The average molecular weight is 178 g/mol. The van der Waals surface area contributed by atoms with E-state index in [-0.39, 0.29) is 0 Å². The van der Waals surface area contributed by atoms with Crippen LogP contribution < -0.4 is 10.6 Å². The summed E-state index contributed by atoms with van der Waals surface area (Å²) >= 11 is 0. The molecule has 1 aliphatic heterocycles. The third-order valence-electron chi connectivity index (χ3n) is 2.25. The molecule has 2 heterocycles. The van der Waals surface area contributed by atoms with Gasteiger partial charge >= 0.3 is 0 Å². The van der Waals surface area contributed by atoms with Crippen molar-refractivity contribution >= 4 is 5.69 Å². The molecule has 1 aromatic heterocycles. The number of hydrogen-bond donors (Lipinski definition) is 2. The molecule has 1 atom stereocenters. The van der Waals surface area contributed by atoms with Gasteiger partial charge in [0.2, 0.25) is 0 Å². The van der Waals surface area contributed by atoms with E-state index in [2.05, 4.69) is 20.8 Å². The molecule has 0 amide bonds. The third kappa shape index (κ3) is 2.39. The molecule has 4 heteroatoms. The first kappa shape index (κ1) is 8.44. The Bertz CT molecular complexity index is 243. The highest BCUT2D eigenvalue weighted by Crippen LogP contribution is 2.09. The van der Waals surface area contributed by atoms with Crippen molar-refractivity contribution in [3.63, 3.8) is 0 Å². The second kappa shape index (κ2) is 4.18. The van der Waals surface area contributed by atoms with Gasteiger partial charge in [-0.25, -0.2) is 0 Å². The normalized spacial score (nSPS) is 22.6. The maximum Gasteiger partial charge on any atom is 0.0727 e. The Morgan fingerprint density at radius 3 is 3.15 bits per heavy atom. The van der Waals surface area contributed by atoms with Crippen molar-refractivity contribution in [1.29, 1.82) is 0 Å². The van der Waals surface area contributed by atoms with Crippen LogP contribution in [0, 0.1) is 0 Å². The Kier molecular flexibility index (Phi) is 2.72. The Morgan fingerprint density at radius 2 is 2.46 bits per heavy atom. The van der Waals surface area contributed by atoms with Crippen LogP contribution in [-0.2, 0) is 0 Å². The average Bonchev–Trinajstić information content (AvgIpc) is 2.21. The molecule has 1 fully saturated rings. The van der Waals surface area contributed by atoms with Gasteiger partial charge in [0.1, 0.15) is 0 Å². The monoisotopic (exact) mass is 178 g/mol. The van der Waals surface area contributed by atoms with Crippen molar-refractivity contribution in [3.8, 4) is 0 Å². The summed E-state index contributed by atoms with van der Waals surface area (Å²) in [6.45, 7) is 2.19. The number of nitrogens with one attached hydrogen (secondary N) is 2. The molecule has 4 nitrogen and oxygen atoms in total. The first-order chi connectivity index (χ1) is 6.45. The lowest BCUT2D eigenvalue weighted by molar-refractivity contribution is 0.479. The second-order valence-electron chi connectivity index (χ2n) is 3.32. The minimum atomic E-state index is 0.540. The summed E-state index contributed by atoms with van der Waals surface area (Å²) in [6, 6.07) is 2.49. The number of hydrogen-bond acceptors (Lipinski definition) is 4.